The third kappa shape index (κ3) is 3.35. The summed E-state index contributed by atoms with van der Waals surface area (Å²) >= 11 is 0. The zero-order valence-electron chi connectivity index (χ0n) is 5.76. The lowest BCUT2D eigenvalue weighted by Crippen LogP contribution is -1.85. The van der Waals surface area contributed by atoms with Gasteiger partial charge in [0.2, 0.25) is 0 Å². The van der Waals surface area contributed by atoms with E-state index in [-0.39, 0.29) is 4.91 Å². The molecule has 10 heavy (non-hydrogen) atoms. The summed E-state index contributed by atoms with van der Waals surface area (Å²) in [5.41, 5.74) is 0. The first-order chi connectivity index (χ1) is 4.57. The van der Waals surface area contributed by atoms with Crippen LogP contribution in [0.1, 0.15) is 0 Å². The SMILES string of the molecule is C=C/C(F)=C\C(=C)S(C)=O. The molecule has 0 saturated carbocycles. The minimum absolute atomic E-state index is 0.261. The van der Waals surface area contributed by atoms with Gasteiger partial charge in [-0.25, -0.2) is 4.39 Å². The molecule has 0 saturated heterocycles. The van der Waals surface area contributed by atoms with Gasteiger partial charge in [-0.1, -0.05) is 13.2 Å². The molecule has 0 radical (unpaired) electrons. The third-order valence-electron chi connectivity index (χ3n) is 0.863. The summed E-state index contributed by atoms with van der Waals surface area (Å²) in [6, 6.07) is 0. The molecule has 56 valence electrons. The van der Waals surface area contributed by atoms with Crippen LogP contribution in [-0.2, 0) is 10.8 Å². The first-order valence-corrected chi connectivity index (χ1v) is 4.15. The fraction of sp³-hybridized carbons (Fsp3) is 0.143. The molecule has 0 amide bonds. The summed E-state index contributed by atoms with van der Waals surface area (Å²) in [4.78, 5) is 0.261. The molecular formula is C7H9FOS. The Labute approximate surface area is 62.4 Å². The Morgan fingerprint density at radius 3 is 2.50 bits per heavy atom. The van der Waals surface area contributed by atoms with E-state index in [1.165, 1.54) is 6.26 Å². The van der Waals surface area contributed by atoms with Crippen LogP contribution in [0.3, 0.4) is 0 Å². The molecule has 3 heteroatoms. The van der Waals surface area contributed by atoms with Crippen LogP contribution in [0, 0.1) is 0 Å². The molecule has 0 aromatic rings. The Bertz CT molecular complexity index is 206. The summed E-state index contributed by atoms with van der Waals surface area (Å²) in [6.45, 7) is 6.57. The van der Waals surface area contributed by atoms with E-state index >= 15 is 0 Å². The predicted octanol–water partition coefficient (Wildman–Crippen LogP) is 1.92. The number of rotatable bonds is 3. The third-order valence-corrected chi connectivity index (χ3v) is 1.72. The Kier molecular flexibility index (Phi) is 3.88. The molecule has 0 fully saturated rings. The average molecular weight is 160 g/mol. The number of halogens is 1. The number of allylic oxidation sites excluding steroid dienone is 3. The van der Waals surface area contributed by atoms with E-state index in [4.69, 9.17) is 0 Å². The Morgan fingerprint density at radius 2 is 2.20 bits per heavy atom. The molecule has 0 rings (SSSR count). The molecule has 0 bridgehead atoms. The molecule has 1 nitrogen and oxygen atoms in total. The zero-order chi connectivity index (χ0) is 8.15. The quantitative estimate of drug-likeness (QED) is 0.576. The van der Waals surface area contributed by atoms with Gasteiger partial charge < -0.3 is 0 Å². The van der Waals surface area contributed by atoms with Crippen molar-refractivity contribution in [1.29, 1.82) is 0 Å². The van der Waals surface area contributed by atoms with Crippen molar-refractivity contribution in [3.05, 3.63) is 36.0 Å². The van der Waals surface area contributed by atoms with Crippen LogP contribution in [0.25, 0.3) is 0 Å². The van der Waals surface area contributed by atoms with Crippen LogP contribution in [0.4, 0.5) is 4.39 Å². The highest BCUT2D eigenvalue weighted by Crippen LogP contribution is 2.04. The van der Waals surface area contributed by atoms with E-state index in [0.29, 0.717) is 0 Å². The molecule has 0 aromatic heterocycles. The van der Waals surface area contributed by atoms with Crippen molar-refractivity contribution < 1.29 is 8.60 Å². The second kappa shape index (κ2) is 4.17. The van der Waals surface area contributed by atoms with Gasteiger partial charge in [0.1, 0.15) is 5.83 Å². The van der Waals surface area contributed by atoms with Gasteiger partial charge in [0.25, 0.3) is 0 Å². The molecule has 0 aliphatic rings. The van der Waals surface area contributed by atoms with Crippen molar-refractivity contribution >= 4 is 10.8 Å². The van der Waals surface area contributed by atoms with E-state index in [1.54, 1.807) is 0 Å². The van der Waals surface area contributed by atoms with Gasteiger partial charge >= 0.3 is 0 Å². The average Bonchev–Trinajstić information content (AvgIpc) is 1.87. The predicted molar refractivity (Wildman–Crippen MR) is 42.6 cm³/mol. The summed E-state index contributed by atoms with van der Waals surface area (Å²) in [6.07, 6.45) is 3.58. The zero-order valence-corrected chi connectivity index (χ0v) is 6.58. The summed E-state index contributed by atoms with van der Waals surface area (Å²) < 4.78 is 22.9. The van der Waals surface area contributed by atoms with Crippen molar-refractivity contribution in [2.75, 3.05) is 6.26 Å². The van der Waals surface area contributed by atoms with Gasteiger partial charge in [0.15, 0.2) is 0 Å². The normalized spacial score (nSPS) is 14.4. The highest BCUT2D eigenvalue weighted by atomic mass is 32.2. The van der Waals surface area contributed by atoms with Crippen LogP contribution in [0.2, 0.25) is 0 Å². The van der Waals surface area contributed by atoms with Gasteiger partial charge in [-0.15, -0.1) is 0 Å². The van der Waals surface area contributed by atoms with Crippen LogP contribution in [-0.4, -0.2) is 10.5 Å². The van der Waals surface area contributed by atoms with Crippen LogP contribution >= 0.6 is 0 Å². The Balaban J connectivity index is 4.27. The lowest BCUT2D eigenvalue weighted by Gasteiger charge is -1.90. The summed E-state index contributed by atoms with van der Waals surface area (Å²) in [5, 5.41) is 0. The highest BCUT2D eigenvalue weighted by Gasteiger charge is 1.94. The highest BCUT2D eigenvalue weighted by molar-refractivity contribution is 7.88. The van der Waals surface area contributed by atoms with Gasteiger partial charge in [-0.2, -0.15) is 0 Å². The smallest absolute Gasteiger partial charge is 0.123 e. The number of hydrogen-bond donors (Lipinski definition) is 0. The Morgan fingerprint density at radius 1 is 1.70 bits per heavy atom. The molecule has 0 N–H and O–H groups in total. The van der Waals surface area contributed by atoms with E-state index < -0.39 is 16.6 Å². The van der Waals surface area contributed by atoms with Gasteiger partial charge in [-0.3, -0.25) is 4.21 Å². The van der Waals surface area contributed by atoms with Gasteiger partial charge in [0, 0.05) is 22.0 Å². The standard InChI is InChI=1S/C7H9FOS/c1-4-7(8)5-6(2)10(3)9/h4-5H,1-2H2,3H3/b7-5+. The largest absolute Gasteiger partial charge is 0.255 e. The molecule has 0 heterocycles. The molecular weight excluding hydrogens is 151 g/mol. The summed E-state index contributed by atoms with van der Waals surface area (Å²) in [5.74, 6) is -0.514. The van der Waals surface area contributed by atoms with Crippen LogP contribution < -0.4 is 0 Å². The molecule has 0 aliphatic heterocycles. The van der Waals surface area contributed by atoms with E-state index in [1.807, 2.05) is 0 Å². The maximum Gasteiger partial charge on any atom is 0.123 e. The Hall–Kier alpha value is -0.700. The van der Waals surface area contributed by atoms with E-state index in [0.717, 1.165) is 12.2 Å². The van der Waals surface area contributed by atoms with E-state index in [9.17, 15) is 8.60 Å². The first-order valence-electron chi connectivity index (χ1n) is 2.60. The monoisotopic (exact) mass is 160 g/mol. The second-order valence-electron chi connectivity index (χ2n) is 1.65. The van der Waals surface area contributed by atoms with Crippen LogP contribution in [0.15, 0.2) is 36.0 Å². The summed E-state index contributed by atoms with van der Waals surface area (Å²) in [7, 11) is -1.19. The fourth-order valence-corrected chi connectivity index (χ4v) is 0.574. The maximum atomic E-state index is 12.3. The second-order valence-corrected chi connectivity index (χ2v) is 3.09. The van der Waals surface area contributed by atoms with Crippen molar-refractivity contribution in [2.24, 2.45) is 0 Å². The van der Waals surface area contributed by atoms with Crippen molar-refractivity contribution in [1.82, 2.24) is 0 Å². The lowest BCUT2D eigenvalue weighted by molar-refractivity contribution is 0.666. The van der Waals surface area contributed by atoms with Gasteiger partial charge in [0.05, 0.1) is 0 Å². The molecule has 0 aliphatic carbocycles. The minimum atomic E-state index is -1.19. The molecule has 0 spiro atoms. The maximum absolute atomic E-state index is 12.3. The fourth-order valence-electron chi connectivity index (χ4n) is 0.296. The van der Waals surface area contributed by atoms with Gasteiger partial charge in [-0.05, 0) is 12.2 Å². The van der Waals surface area contributed by atoms with Crippen molar-refractivity contribution in [3.63, 3.8) is 0 Å². The lowest BCUT2D eigenvalue weighted by atomic mass is 10.4. The van der Waals surface area contributed by atoms with Crippen LogP contribution in [0.5, 0.6) is 0 Å². The molecule has 0 aromatic carbocycles. The molecule has 1 unspecified atom stereocenters. The van der Waals surface area contributed by atoms with Crippen molar-refractivity contribution in [2.45, 2.75) is 0 Å². The minimum Gasteiger partial charge on any atom is -0.255 e. The topological polar surface area (TPSA) is 17.1 Å². The number of hydrogen-bond acceptors (Lipinski definition) is 1. The first kappa shape index (κ1) is 9.30. The molecule has 1 atom stereocenters. The van der Waals surface area contributed by atoms with E-state index in [2.05, 4.69) is 13.2 Å². The van der Waals surface area contributed by atoms with Crippen molar-refractivity contribution in [3.8, 4) is 0 Å².